The van der Waals surface area contributed by atoms with Crippen LogP contribution >= 0.6 is 12.2 Å². The number of hydrogen-bond donors (Lipinski definition) is 1. The number of aromatic carboxylic acids is 1. The Hall–Kier alpha value is -1.99. The number of likely N-dealkylation sites (N-methyl/N-ethyl adjacent to an activating group) is 1. The summed E-state index contributed by atoms with van der Waals surface area (Å²) in [5.74, 6) is -1.47. The van der Waals surface area contributed by atoms with Crippen molar-refractivity contribution in [1.29, 1.82) is 0 Å². The molecule has 1 aromatic carbocycles. The van der Waals surface area contributed by atoms with Gasteiger partial charge in [0.2, 0.25) is 0 Å². The molecule has 1 heterocycles. The third-order valence-corrected chi connectivity index (χ3v) is 3.71. The molecule has 1 saturated heterocycles. The lowest BCUT2D eigenvalue weighted by atomic mass is 10.1. The lowest BCUT2D eigenvalue weighted by Gasteiger charge is -2.30. The smallest absolute Gasteiger partial charge is 0.337 e. The maximum atomic E-state index is 12.4. The number of carboxylic acids is 1. The monoisotopic (exact) mass is 308 g/mol. The zero-order valence-electron chi connectivity index (χ0n) is 11.6. The van der Waals surface area contributed by atoms with E-state index < -0.39 is 5.97 Å². The van der Waals surface area contributed by atoms with E-state index in [2.05, 4.69) is 0 Å². The topological polar surface area (TPSA) is 70.1 Å². The van der Waals surface area contributed by atoms with Crippen LogP contribution < -0.4 is 4.90 Å². The number of amides is 1. The van der Waals surface area contributed by atoms with Gasteiger partial charge in [-0.15, -0.1) is 0 Å². The van der Waals surface area contributed by atoms with Gasteiger partial charge < -0.3 is 19.6 Å². The molecule has 1 N–H and O–H groups in total. The maximum Gasteiger partial charge on any atom is 0.337 e. The minimum Gasteiger partial charge on any atom is -0.478 e. The molecule has 0 bridgehead atoms. The molecule has 1 aromatic rings. The Labute approximate surface area is 127 Å². The molecule has 1 fully saturated rings. The predicted octanol–water partition coefficient (Wildman–Crippen LogP) is 1.01. The zero-order chi connectivity index (χ0) is 15.4. The molecular formula is C14H16N2O4S. The molecule has 0 aromatic heterocycles. The average Bonchev–Trinajstić information content (AvgIpc) is 2.53. The van der Waals surface area contributed by atoms with Gasteiger partial charge >= 0.3 is 5.97 Å². The first-order valence-electron chi connectivity index (χ1n) is 6.49. The fourth-order valence-electron chi connectivity index (χ4n) is 2.10. The molecule has 1 aliphatic rings. The number of benzene rings is 1. The van der Waals surface area contributed by atoms with Crippen molar-refractivity contribution in [1.82, 2.24) is 4.90 Å². The number of carbonyl (C=O) groups excluding carboxylic acids is 1. The van der Waals surface area contributed by atoms with Crippen molar-refractivity contribution in [3.63, 3.8) is 0 Å². The van der Waals surface area contributed by atoms with E-state index in [9.17, 15) is 14.7 Å². The van der Waals surface area contributed by atoms with Crippen LogP contribution in [0.15, 0.2) is 24.3 Å². The van der Waals surface area contributed by atoms with Gasteiger partial charge in [0.25, 0.3) is 5.91 Å². The molecule has 0 saturated carbocycles. The summed E-state index contributed by atoms with van der Waals surface area (Å²) in [7, 11) is 1.52. The van der Waals surface area contributed by atoms with Crippen LogP contribution in [-0.2, 0) is 9.53 Å². The second-order valence-corrected chi connectivity index (χ2v) is 4.98. The largest absolute Gasteiger partial charge is 0.478 e. The van der Waals surface area contributed by atoms with E-state index in [4.69, 9.17) is 17.0 Å². The van der Waals surface area contributed by atoms with Crippen LogP contribution in [0, 0.1) is 0 Å². The maximum absolute atomic E-state index is 12.4. The van der Waals surface area contributed by atoms with Gasteiger partial charge in [0.1, 0.15) is 0 Å². The van der Waals surface area contributed by atoms with Crippen LogP contribution in [-0.4, -0.2) is 60.2 Å². The van der Waals surface area contributed by atoms with Gasteiger partial charge in [0.15, 0.2) is 4.99 Å². The number of carboxylic acid groups (broad SMARTS) is 1. The number of nitrogens with zero attached hydrogens (tertiary/aromatic N) is 2. The highest BCUT2D eigenvalue weighted by molar-refractivity contribution is 7.82. The third kappa shape index (κ3) is 3.37. The number of para-hydroxylation sites is 1. The highest BCUT2D eigenvalue weighted by atomic mass is 32.1. The highest BCUT2D eigenvalue weighted by Gasteiger charge is 2.25. The van der Waals surface area contributed by atoms with Crippen molar-refractivity contribution in [2.45, 2.75) is 0 Å². The summed E-state index contributed by atoms with van der Waals surface area (Å²) in [4.78, 5) is 26.9. The van der Waals surface area contributed by atoms with Gasteiger partial charge in [-0.3, -0.25) is 4.79 Å². The van der Waals surface area contributed by atoms with Crippen molar-refractivity contribution >= 4 is 34.8 Å². The highest BCUT2D eigenvalue weighted by Crippen LogP contribution is 2.20. The Bertz CT molecular complexity index is 570. The number of morpholine rings is 1. The molecule has 0 unspecified atom stereocenters. The molecule has 1 aliphatic heterocycles. The van der Waals surface area contributed by atoms with Crippen LogP contribution in [0.5, 0.6) is 0 Å². The minimum atomic E-state index is -1.08. The van der Waals surface area contributed by atoms with Gasteiger partial charge in [0.05, 0.1) is 24.5 Å². The van der Waals surface area contributed by atoms with Gasteiger partial charge in [-0.2, -0.15) is 0 Å². The standard InChI is InChI=1S/C14H16N2O4S/c1-15(11-5-3-2-4-10(11)14(18)19)12(17)13(21)16-6-8-20-9-7-16/h2-5H,6-9H2,1H3,(H,18,19). The molecular weight excluding hydrogens is 292 g/mol. The van der Waals surface area contributed by atoms with Crippen LogP contribution in [0.2, 0.25) is 0 Å². The van der Waals surface area contributed by atoms with E-state index in [1.54, 1.807) is 23.1 Å². The lowest BCUT2D eigenvalue weighted by Crippen LogP contribution is -2.47. The Balaban J connectivity index is 2.19. The van der Waals surface area contributed by atoms with Crippen molar-refractivity contribution < 1.29 is 19.4 Å². The number of rotatable bonds is 2. The fraction of sp³-hybridized carbons (Fsp3) is 0.357. The Kier molecular flexibility index (Phi) is 4.87. The van der Waals surface area contributed by atoms with E-state index in [1.807, 2.05) is 0 Å². The Morgan fingerprint density at radius 3 is 2.52 bits per heavy atom. The second kappa shape index (κ2) is 6.64. The van der Waals surface area contributed by atoms with Crippen molar-refractivity contribution in [2.24, 2.45) is 0 Å². The number of ether oxygens (including phenoxy) is 1. The molecule has 21 heavy (non-hydrogen) atoms. The Morgan fingerprint density at radius 2 is 1.90 bits per heavy atom. The molecule has 0 spiro atoms. The van der Waals surface area contributed by atoms with Gasteiger partial charge in [-0.1, -0.05) is 24.4 Å². The molecule has 1 amide bonds. The number of carbonyl (C=O) groups is 2. The van der Waals surface area contributed by atoms with Gasteiger partial charge in [-0.25, -0.2) is 4.79 Å². The van der Waals surface area contributed by atoms with Crippen molar-refractivity contribution in [3.8, 4) is 0 Å². The summed E-state index contributed by atoms with van der Waals surface area (Å²) in [6.07, 6.45) is 0. The first kappa shape index (κ1) is 15.4. The first-order chi connectivity index (χ1) is 10.0. The summed E-state index contributed by atoms with van der Waals surface area (Å²) in [5, 5.41) is 9.19. The molecule has 0 atom stereocenters. The summed E-state index contributed by atoms with van der Waals surface area (Å²) in [6.45, 7) is 2.20. The van der Waals surface area contributed by atoms with E-state index in [1.165, 1.54) is 18.0 Å². The SMILES string of the molecule is CN(C(=O)C(=S)N1CCOCC1)c1ccccc1C(=O)O. The fourth-order valence-corrected chi connectivity index (χ4v) is 2.42. The summed E-state index contributed by atoms with van der Waals surface area (Å²) >= 11 is 5.21. The Morgan fingerprint density at radius 1 is 1.29 bits per heavy atom. The van der Waals surface area contributed by atoms with E-state index >= 15 is 0 Å². The average molecular weight is 308 g/mol. The molecule has 7 heteroatoms. The molecule has 6 nitrogen and oxygen atoms in total. The van der Waals surface area contributed by atoms with E-state index in [0.29, 0.717) is 32.0 Å². The van der Waals surface area contributed by atoms with Gasteiger partial charge in [-0.05, 0) is 12.1 Å². The van der Waals surface area contributed by atoms with E-state index in [0.717, 1.165) is 0 Å². The summed E-state index contributed by atoms with van der Waals surface area (Å²) in [5.41, 5.74) is 0.392. The summed E-state index contributed by atoms with van der Waals surface area (Å²) < 4.78 is 5.22. The third-order valence-electron chi connectivity index (χ3n) is 3.28. The van der Waals surface area contributed by atoms with Gasteiger partial charge in [0, 0.05) is 20.1 Å². The number of anilines is 1. The molecule has 0 radical (unpaired) electrons. The molecule has 112 valence electrons. The normalized spacial score (nSPS) is 14.6. The minimum absolute atomic E-state index is 0.0677. The van der Waals surface area contributed by atoms with Crippen LogP contribution in [0.1, 0.15) is 10.4 Å². The molecule has 0 aliphatic carbocycles. The van der Waals surface area contributed by atoms with E-state index in [-0.39, 0.29) is 16.5 Å². The second-order valence-electron chi connectivity index (χ2n) is 4.59. The van der Waals surface area contributed by atoms with Crippen molar-refractivity contribution in [2.75, 3.05) is 38.3 Å². The number of hydrogen-bond acceptors (Lipinski definition) is 4. The van der Waals surface area contributed by atoms with Crippen LogP contribution in [0.4, 0.5) is 5.69 Å². The summed E-state index contributed by atoms with van der Waals surface area (Å²) in [6, 6.07) is 6.34. The lowest BCUT2D eigenvalue weighted by molar-refractivity contribution is -0.112. The molecule has 2 rings (SSSR count). The van der Waals surface area contributed by atoms with Crippen LogP contribution in [0.3, 0.4) is 0 Å². The quantitative estimate of drug-likeness (QED) is 0.822. The zero-order valence-corrected chi connectivity index (χ0v) is 12.4. The first-order valence-corrected chi connectivity index (χ1v) is 6.90. The number of thiocarbonyl (C=S) groups is 1. The van der Waals surface area contributed by atoms with Crippen LogP contribution in [0.25, 0.3) is 0 Å². The van der Waals surface area contributed by atoms with Crippen molar-refractivity contribution in [3.05, 3.63) is 29.8 Å². The predicted molar refractivity (Wildman–Crippen MR) is 81.8 cm³/mol.